The predicted octanol–water partition coefficient (Wildman–Crippen LogP) is -2.28. The SMILES string of the molecule is [Cl-].[Zn+][CH2]CC1OCCO1. The van der Waals surface area contributed by atoms with Crippen molar-refractivity contribution in [2.75, 3.05) is 13.2 Å². The first-order valence-electron chi connectivity index (χ1n) is 2.96. The second kappa shape index (κ2) is 5.61. The first kappa shape index (κ1) is 9.83. The van der Waals surface area contributed by atoms with Crippen LogP contribution in [0.2, 0.25) is 5.02 Å². The number of ether oxygens (including phenoxy) is 2. The van der Waals surface area contributed by atoms with E-state index in [9.17, 15) is 0 Å². The van der Waals surface area contributed by atoms with Gasteiger partial charge >= 0.3 is 58.7 Å². The number of hydrogen-bond donors (Lipinski definition) is 0. The van der Waals surface area contributed by atoms with E-state index in [1.54, 1.807) is 0 Å². The van der Waals surface area contributed by atoms with E-state index in [4.69, 9.17) is 9.47 Å². The monoisotopic (exact) mass is 200 g/mol. The molecule has 0 aliphatic carbocycles. The molecule has 1 aliphatic rings. The summed E-state index contributed by atoms with van der Waals surface area (Å²) in [4.78, 5) is 0. The van der Waals surface area contributed by atoms with Crippen molar-refractivity contribution < 1.29 is 40.2 Å². The van der Waals surface area contributed by atoms with E-state index in [0.29, 0.717) is 0 Å². The molecule has 1 fully saturated rings. The summed E-state index contributed by atoms with van der Waals surface area (Å²) in [5.41, 5.74) is 0. The fraction of sp³-hybridized carbons (Fsp3) is 1.00. The quantitative estimate of drug-likeness (QED) is 0.469. The fourth-order valence-corrected chi connectivity index (χ4v) is 1.44. The van der Waals surface area contributed by atoms with Crippen molar-refractivity contribution in [1.82, 2.24) is 0 Å². The van der Waals surface area contributed by atoms with Crippen molar-refractivity contribution in [3.8, 4) is 0 Å². The van der Waals surface area contributed by atoms with E-state index in [0.717, 1.165) is 19.6 Å². The van der Waals surface area contributed by atoms with Crippen molar-refractivity contribution in [2.24, 2.45) is 0 Å². The molecule has 50 valence electrons. The minimum atomic E-state index is 0. The summed E-state index contributed by atoms with van der Waals surface area (Å²) >= 11 is 1.35. The van der Waals surface area contributed by atoms with Gasteiger partial charge < -0.3 is 12.4 Å². The molecule has 4 heteroatoms. The molecule has 0 amide bonds. The van der Waals surface area contributed by atoms with Crippen LogP contribution >= 0.6 is 0 Å². The van der Waals surface area contributed by atoms with Gasteiger partial charge in [-0.05, 0) is 0 Å². The van der Waals surface area contributed by atoms with Crippen LogP contribution < -0.4 is 12.4 Å². The molecule has 0 aromatic rings. The second-order valence-electron chi connectivity index (χ2n) is 1.81. The van der Waals surface area contributed by atoms with Gasteiger partial charge in [0, 0.05) is 0 Å². The van der Waals surface area contributed by atoms with Crippen LogP contribution in [0.5, 0.6) is 0 Å². The van der Waals surface area contributed by atoms with Crippen LogP contribution in [0.4, 0.5) is 0 Å². The van der Waals surface area contributed by atoms with E-state index in [-0.39, 0.29) is 18.7 Å². The summed E-state index contributed by atoms with van der Waals surface area (Å²) in [6.07, 6.45) is 1.24. The van der Waals surface area contributed by atoms with E-state index in [1.807, 2.05) is 0 Å². The molecule has 9 heavy (non-hydrogen) atoms. The Morgan fingerprint density at radius 2 is 1.89 bits per heavy atom. The molecule has 0 spiro atoms. The molecule has 0 unspecified atom stereocenters. The molecule has 0 radical (unpaired) electrons. The van der Waals surface area contributed by atoms with Crippen molar-refractivity contribution in [2.45, 2.75) is 17.7 Å². The molecule has 0 atom stereocenters. The molecule has 1 aliphatic heterocycles. The third-order valence-electron chi connectivity index (χ3n) is 1.13. The number of halogens is 1. The Morgan fingerprint density at radius 3 is 2.33 bits per heavy atom. The topological polar surface area (TPSA) is 18.5 Å². The van der Waals surface area contributed by atoms with Gasteiger partial charge in [0.15, 0.2) is 0 Å². The van der Waals surface area contributed by atoms with Crippen LogP contribution in [0, 0.1) is 0 Å². The molecular weight excluding hydrogens is 193 g/mol. The molecule has 0 saturated carbocycles. The maximum atomic E-state index is 5.19. The summed E-state index contributed by atoms with van der Waals surface area (Å²) in [6.45, 7) is 1.59. The predicted molar refractivity (Wildman–Crippen MR) is 25.1 cm³/mol. The van der Waals surface area contributed by atoms with E-state index in [1.165, 1.54) is 23.3 Å². The Balaban J connectivity index is 0.000000640. The first-order valence-corrected chi connectivity index (χ1v) is 5.06. The van der Waals surface area contributed by atoms with Gasteiger partial charge in [0.1, 0.15) is 0 Å². The summed E-state index contributed by atoms with van der Waals surface area (Å²) in [7, 11) is 0. The van der Waals surface area contributed by atoms with Crippen molar-refractivity contribution in [3.63, 3.8) is 0 Å². The summed E-state index contributed by atoms with van der Waals surface area (Å²) in [5, 5.41) is 1.27. The number of hydrogen-bond acceptors (Lipinski definition) is 2. The van der Waals surface area contributed by atoms with Gasteiger partial charge in [-0.2, -0.15) is 0 Å². The average Bonchev–Trinajstić information content (AvgIpc) is 2.19. The second-order valence-corrected chi connectivity index (χ2v) is 3.30. The van der Waals surface area contributed by atoms with Gasteiger partial charge in [0.2, 0.25) is 0 Å². The van der Waals surface area contributed by atoms with E-state index < -0.39 is 0 Å². The molecule has 2 nitrogen and oxygen atoms in total. The van der Waals surface area contributed by atoms with Crippen molar-refractivity contribution in [3.05, 3.63) is 0 Å². The van der Waals surface area contributed by atoms with Crippen LogP contribution in [-0.2, 0) is 27.8 Å². The van der Waals surface area contributed by atoms with Crippen molar-refractivity contribution >= 4 is 0 Å². The van der Waals surface area contributed by atoms with Crippen LogP contribution in [0.15, 0.2) is 0 Å². The van der Waals surface area contributed by atoms with Gasteiger partial charge in [0.05, 0.1) is 0 Å². The minimum absolute atomic E-state index is 0. The van der Waals surface area contributed by atoms with Gasteiger partial charge in [0.25, 0.3) is 0 Å². The zero-order valence-electron chi connectivity index (χ0n) is 5.31. The normalized spacial score (nSPS) is 19.8. The van der Waals surface area contributed by atoms with Gasteiger partial charge in [-0.1, -0.05) is 0 Å². The number of rotatable bonds is 2. The van der Waals surface area contributed by atoms with Crippen molar-refractivity contribution in [1.29, 1.82) is 0 Å². The van der Waals surface area contributed by atoms with Gasteiger partial charge in [-0.3, -0.25) is 0 Å². The molecule has 0 aromatic carbocycles. The summed E-state index contributed by atoms with van der Waals surface area (Å²) in [6, 6.07) is 0. The van der Waals surface area contributed by atoms with Crippen LogP contribution in [-0.4, -0.2) is 19.5 Å². The third-order valence-corrected chi connectivity index (χ3v) is 1.99. The molecule has 1 rings (SSSR count). The molecule has 0 bridgehead atoms. The molecule has 0 N–H and O–H groups in total. The van der Waals surface area contributed by atoms with E-state index in [2.05, 4.69) is 0 Å². The van der Waals surface area contributed by atoms with Gasteiger partial charge in [-0.15, -0.1) is 0 Å². The average molecular weight is 202 g/mol. The van der Waals surface area contributed by atoms with Gasteiger partial charge in [-0.25, -0.2) is 0 Å². The maximum absolute atomic E-state index is 5.19. The Morgan fingerprint density at radius 1 is 1.33 bits per heavy atom. The Kier molecular flexibility index (Phi) is 6.12. The Bertz CT molecular complexity index is 66.0. The fourth-order valence-electron chi connectivity index (χ4n) is 0.741. The summed E-state index contributed by atoms with van der Waals surface area (Å²) in [5.74, 6) is 0. The summed E-state index contributed by atoms with van der Waals surface area (Å²) < 4.78 is 10.4. The standard InChI is InChI=1S/C5H9O2.ClH.Zn/c1-2-5-6-3-4-7-5;;/h5H,1-4H2;1H;/q;;+1/p-1. The van der Waals surface area contributed by atoms with Crippen LogP contribution in [0.25, 0.3) is 0 Å². The molecule has 0 aromatic heterocycles. The molecule has 1 saturated heterocycles. The zero-order chi connectivity index (χ0) is 5.82. The first-order chi connectivity index (χ1) is 3.93. The molecule has 1 heterocycles. The van der Waals surface area contributed by atoms with E-state index >= 15 is 0 Å². The van der Waals surface area contributed by atoms with Crippen LogP contribution in [0.3, 0.4) is 0 Å². The molecular formula is C5H9ClO2Zn. The zero-order valence-corrected chi connectivity index (χ0v) is 9.03. The third kappa shape index (κ3) is 3.51. The van der Waals surface area contributed by atoms with Crippen LogP contribution in [0.1, 0.15) is 6.42 Å². The Labute approximate surface area is 71.4 Å². The Hall–Kier alpha value is 0.833.